The monoisotopic (exact) mass is 469 g/mol. The van der Waals surface area contributed by atoms with Crippen LogP contribution in [0.25, 0.3) is 10.9 Å². The number of fused-ring (bicyclic) bond motifs is 1. The highest BCUT2D eigenvalue weighted by molar-refractivity contribution is 14.1. The molecule has 0 atom stereocenters. The van der Waals surface area contributed by atoms with Gasteiger partial charge in [-0.15, -0.1) is 0 Å². The van der Waals surface area contributed by atoms with E-state index in [1.807, 2.05) is 41.8 Å². The van der Waals surface area contributed by atoms with E-state index in [9.17, 15) is 4.79 Å². The predicted octanol–water partition coefficient (Wildman–Crippen LogP) is 5.56. The Bertz CT molecular complexity index is 919. The van der Waals surface area contributed by atoms with Crippen molar-refractivity contribution in [2.24, 2.45) is 0 Å². The van der Waals surface area contributed by atoms with Gasteiger partial charge in [-0.1, -0.05) is 17.7 Å². The molecular weight excluding hydrogens is 453 g/mol. The van der Waals surface area contributed by atoms with E-state index in [-0.39, 0.29) is 12.5 Å². The number of nitrogens with zero attached hydrogens (tertiary/aromatic N) is 1. The number of aromatic nitrogens is 1. The van der Waals surface area contributed by atoms with Crippen LogP contribution in [0, 0.1) is 10.5 Å². The normalized spacial score (nSPS) is 10.9. The van der Waals surface area contributed by atoms with Crippen LogP contribution in [-0.2, 0) is 16.1 Å². The molecule has 0 saturated heterocycles. The Morgan fingerprint density at radius 3 is 2.60 bits per heavy atom. The average molecular weight is 470 g/mol. The zero-order chi connectivity index (χ0) is 18.0. The number of esters is 1. The molecule has 0 bridgehead atoms. The number of carbonyl (C=O) groups excluding carboxylic acids is 1. The van der Waals surface area contributed by atoms with Crippen molar-refractivity contribution in [2.75, 3.05) is 6.61 Å². The van der Waals surface area contributed by atoms with Crippen molar-refractivity contribution >= 4 is 51.1 Å². The minimum Gasteiger partial charge on any atom is -0.465 e. The summed E-state index contributed by atoms with van der Waals surface area (Å²) in [7, 11) is 0. The molecule has 0 aliphatic carbocycles. The van der Waals surface area contributed by atoms with Crippen LogP contribution in [-0.4, -0.2) is 17.1 Å². The van der Waals surface area contributed by atoms with Crippen molar-refractivity contribution in [3.8, 4) is 11.5 Å². The lowest BCUT2D eigenvalue weighted by molar-refractivity contribution is -0.143. The van der Waals surface area contributed by atoms with E-state index in [4.69, 9.17) is 21.1 Å². The molecule has 0 aliphatic heterocycles. The van der Waals surface area contributed by atoms with Crippen molar-refractivity contribution in [1.82, 2.24) is 4.57 Å². The SMILES string of the molecule is CCOC(=O)Cn1c(C)c(Oc2ccc(Cl)cc2)c2c(I)cccc21. The fraction of sp³-hybridized carbons (Fsp3) is 0.211. The Labute approximate surface area is 164 Å². The molecular formula is C19H17ClINO3. The summed E-state index contributed by atoms with van der Waals surface area (Å²) in [6.07, 6.45) is 0. The molecule has 130 valence electrons. The van der Waals surface area contributed by atoms with Gasteiger partial charge in [0.15, 0.2) is 5.75 Å². The molecule has 0 spiro atoms. The van der Waals surface area contributed by atoms with Crippen molar-refractivity contribution in [1.29, 1.82) is 0 Å². The molecule has 3 rings (SSSR count). The lowest BCUT2D eigenvalue weighted by atomic mass is 10.2. The van der Waals surface area contributed by atoms with Gasteiger partial charge in [0.1, 0.15) is 12.3 Å². The minimum absolute atomic E-state index is 0.153. The molecule has 4 nitrogen and oxygen atoms in total. The van der Waals surface area contributed by atoms with Crippen molar-refractivity contribution in [3.05, 3.63) is 56.8 Å². The highest BCUT2D eigenvalue weighted by Crippen LogP contribution is 2.38. The largest absolute Gasteiger partial charge is 0.465 e. The first-order valence-corrected chi connectivity index (χ1v) is 9.33. The van der Waals surface area contributed by atoms with Gasteiger partial charge in [0.25, 0.3) is 0 Å². The van der Waals surface area contributed by atoms with Gasteiger partial charge in [0.2, 0.25) is 0 Å². The third kappa shape index (κ3) is 3.77. The fourth-order valence-corrected chi connectivity index (χ4v) is 3.59. The van der Waals surface area contributed by atoms with Gasteiger partial charge < -0.3 is 14.0 Å². The summed E-state index contributed by atoms with van der Waals surface area (Å²) in [6, 6.07) is 13.2. The molecule has 2 aromatic carbocycles. The van der Waals surface area contributed by atoms with Crippen LogP contribution in [0.4, 0.5) is 0 Å². The zero-order valence-corrected chi connectivity index (χ0v) is 16.8. The van der Waals surface area contributed by atoms with E-state index in [1.165, 1.54) is 0 Å². The summed E-state index contributed by atoms with van der Waals surface area (Å²) in [5, 5.41) is 1.64. The quantitative estimate of drug-likeness (QED) is 0.363. The molecule has 0 radical (unpaired) electrons. The molecule has 1 heterocycles. The number of ether oxygens (including phenoxy) is 2. The molecule has 0 unspecified atom stereocenters. The average Bonchev–Trinajstić information content (AvgIpc) is 2.84. The Kier molecular flexibility index (Phi) is 5.54. The Morgan fingerprint density at radius 2 is 1.92 bits per heavy atom. The zero-order valence-electron chi connectivity index (χ0n) is 13.9. The van der Waals surface area contributed by atoms with Crippen LogP contribution >= 0.6 is 34.2 Å². The van der Waals surface area contributed by atoms with Gasteiger partial charge in [0, 0.05) is 8.59 Å². The van der Waals surface area contributed by atoms with E-state index in [2.05, 4.69) is 22.6 Å². The van der Waals surface area contributed by atoms with Crippen LogP contribution in [0.15, 0.2) is 42.5 Å². The maximum Gasteiger partial charge on any atom is 0.325 e. The molecule has 0 N–H and O–H groups in total. The number of hydrogen-bond acceptors (Lipinski definition) is 3. The number of hydrogen-bond donors (Lipinski definition) is 0. The summed E-state index contributed by atoms with van der Waals surface area (Å²) in [4.78, 5) is 12.0. The number of halogens is 2. The summed E-state index contributed by atoms with van der Waals surface area (Å²) >= 11 is 8.23. The predicted molar refractivity (Wildman–Crippen MR) is 108 cm³/mol. The third-order valence-corrected chi connectivity index (χ3v) is 5.02. The summed E-state index contributed by atoms with van der Waals surface area (Å²) in [6.45, 7) is 4.26. The molecule has 0 aliphatic rings. The Balaban J connectivity index is 2.09. The van der Waals surface area contributed by atoms with Crippen molar-refractivity contribution in [3.63, 3.8) is 0 Å². The van der Waals surface area contributed by atoms with Gasteiger partial charge in [-0.25, -0.2) is 0 Å². The van der Waals surface area contributed by atoms with Crippen LogP contribution in [0.5, 0.6) is 11.5 Å². The molecule has 6 heteroatoms. The van der Waals surface area contributed by atoms with Gasteiger partial charge >= 0.3 is 5.97 Å². The number of benzene rings is 2. The second-order valence-electron chi connectivity index (χ2n) is 5.50. The van der Waals surface area contributed by atoms with E-state index < -0.39 is 0 Å². The second-order valence-corrected chi connectivity index (χ2v) is 7.09. The van der Waals surface area contributed by atoms with Crippen molar-refractivity contribution < 1.29 is 14.3 Å². The number of carbonyl (C=O) groups is 1. The van der Waals surface area contributed by atoms with Crippen LogP contribution < -0.4 is 4.74 Å². The van der Waals surface area contributed by atoms with Gasteiger partial charge in [-0.05, 0) is 72.8 Å². The van der Waals surface area contributed by atoms with E-state index >= 15 is 0 Å². The maximum atomic E-state index is 12.0. The van der Waals surface area contributed by atoms with Gasteiger partial charge in [-0.3, -0.25) is 4.79 Å². The second kappa shape index (κ2) is 7.66. The third-order valence-electron chi connectivity index (χ3n) is 3.87. The first kappa shape index (κ1) is 18.1. The fourth-order valence-electron chi connectivity index (χ4n) is 2.73. The minimum atomic E-state index is -0.264. The topological polar surface area (TPSA) is 40.5 Å². The highest BCUT2D eigenvalue weighted by atomic mass is 127. The van der Waals surface area contributed by atoms with E-state index in [1.54, 1.807) is 19.1 Å². The number of rotatable bonds is 5. The molecule has 0 amide bonds. The lowest BCUT2D eigenvalue weighted by Crippen LogP contribution is -2.14. The molecule has 1 aromatic heterocycles. The van der Waals surface area contributed by atoms with Gasteiger partial charge in [0.05, 0.1) is 23.2 Å². The van der Waals surface area contributed by atoms with E-state index in [0.717, 1.165) is 25.9 Å². The van der Waals surface area contributed by atoms with Crippen LogP contribution in [0.3, 0.4) is 0 Å². The van der Waals surface area contributed by atoms with Crippen LogP contribution in [0.1, 0.15) is 12.6 Å². The molecule has 0 saturated carbocycles. The smallest absolute Gasteiger partial charge is 0.325 e. The van der Waals surface area contributed by atoms with Gasteiger partial charge in [-0.2, -0.15) is 0 Å². The Hall–Kier alpha value is -1.73. The molecule has 25 heavy (non-hydrogen) atoms. The van der Waals surface area contributed by atoms with E-state index in [0.29, 0.717) is 17.4 Å². The molecule has 0 fully saturated rings. The highest BCUT2D eigenvalue weighted by Gasteiger charge is 2.20. The first-order chi connectivity index (χ1) is 12.0. The maximum absolute atomic E-state index is 12.0. The molecule has 3 aromatic rings. The summed E-state index contributed by atoms with van der Waals surface area (Å²) < 4.78 is 14.2. The van der Waals surface area contributed by atoms with Crippen LogP contribution in [0.2, 0.25) is 5.02 Å². The summed E-state index contributed by atoms with van der Waals surface area (Å²) in [5.41, 5.74) is 1.82. The standard InChI is InChI=1S/C19H17ClINO3/c1-3-24-17(23)11-22-12(2)19(18-15(21)5-4-6-16(18)22)25-14-9-7-13(20)8-10-14/h4-10H,3,11H2,1-2H3. The Morgan fingerprint density at radius 1 is 1.20 bits per heavy atom. The first-order valence-electron chi connectivity index (χ1n) is 7.87. The summed E-state index contributed by atoms with van der Waals surface area (Å²) in [5.74, 6) is 1.17. The lowest BCUT2D eigenvalue weighted by Gasteiger charge is -2.09. The van der Waals surface area contributed by atoms with Crippen molar-refractivity contribution in [2.45, 2.75) is 20.4 Å².